The molecule has 0 aliphatic carbocycles. The highest BCUT2D eigenvalue weighted by atomic mass is 79.9. The molecule has 2 aromatic rings. The van der Waals surface area contributed by atoms with Crippen molar-refractivity contribution in [2.75, 3.05) is 0 Å². The summed E-state index contributed by atoms with van der Waals surface area (Å²) < 4.78 is 0.525. The number of rotatable bonds is 2. The minimum absolute atomic E-state index is 0.109. The van der Waals surface area contributed by atoms with E-state index in [0.29, 0.717) is 4.47 Å². The van der Waals surface area contributed by atoms with Gasteiger partial charge in [0.05, 0.1) is 16.9 Å². The Hall–Kier alpha value is -1.49. The number of halogens is 1. The number of aromatic nitrogens is 3. The summed E-state index contributed by atoms with van der Waals surface area (Å²) in [5.41, 5.74) is 2.72. The molecular weight excluding hydrogens is 270 g/mol. The van der Waals surface area contributed by atoms with Gasteiger partial charge in [0.1, 0.15) is 0 Å². The third-order valence-corrected chi connectivity index (χ3v) is 2.92. The highest BCUT2D eigenvalue weighted by Gasteiger charge is 2.07. The average Bonchev–Trinajstić information content (AvgIpc) is 2.33. The maximum atomic E-state index is 11.5. The van der Waals surface area contributed by atoms with E-state index in [1.807, 2.05) is 19.1 Å². The molecule has 0 saturated heterocycles. The third-order valence-electron chi connectivity index (χ3n) is 2.33. The predicted molar refractivity (Wildman–Crippen MR) is 65.2 cm³/mol. The summed E-state index contributed by atoms with van der Waals surface area (Å²) in [4.78, 5) is 14.3. The quantitative estimate of drug-likeness (QED) is 0.917. The van der Waals surface area contributed by atoms with Crippen LogP contribution in [-0.2, 0) is 6.42 Å². The number of hydrogen-bond acceptors (Lipinski definition) is 3. The minimum atomic E-state index is -0.109. The zero-order chi connectivity index (χ0) is 11.5. The van der Waals surface area contributed by atoms with Crippen molar-refractivity contribution in [1.29, 1.82) is 0 Å². The fourth-order valence-electron chi connectivity index (χ4n) is 1.53. The van der Waals surface area contributed by atoms with Crippen molar-refractivity contribution in [3.05, 3.63) is 45.0 Å². The number of hydrogen-bond donors (Lipinski definition) is 1. The molecule has 16 heavy (non-hydrogen) atoms. The minimum Gasteiger partial charge on any atom is -0.325 e. The van der Waals surface area contributed by atoms with Crippen molar-refractivity contribution >= 4 is 15.9 Å². The van der Waals surface area contributed by atoms with Crippen molar-refractivity contribution < 1.29 is 0 Å². The van der Waals surface area contributed by atoms with Crippen LogP contribution in [0.3, 0.4) is 0 Å². The van der Waals surface area contributed by atoms with Crippen LogP contribution in [0.4, 0.5) is 0 Å². The highest BCUT2D eigenvalue weighted by Crippen LogP contribution is 2.22. The first-order valence-electron chi connectivity index (χ1n) is 4.91. The number of H-pyrrole nitrogens is 1. The molecule has 0 unspecified atom stereocenters. The largest absolute Gasteiger partial charge is 0.325 e. The van der Waals surface area contributed by atoms with E-state index in [0.717, 1.165) is 23.2 Å². The summed E-state index contributed by atoms with van der Waals surface area (Å²) in [6.45, 7) is 2.00. The number of aryl methyl sites for hydroxylation is 1. The Labute approximate surface area is 101 Å². The van der Waals surface area contributed by atoms with Crippen LogP contribution in [0.5, 0.6) is 0 Å². The van der Waals surface area contributed by atoms with E-state index in [-0.39, 0.29) is 5.56 Å². The van der Waals surface area contributed by atoms with Gasteiger partial charge in [0.15, 0.2) is 0 Å². The van der Waals surface area contributed by atoms with Crippen LogP contribution in [0.25, 0.3) is 11.1 Å². The summed E-state index contributed by atoms with van der Waals surface area (Å²) in [5.74, 6) is 0. The first-order valence-corrected chi connectivity index (χ1v) is 5.70. The molecule has 0 saturated carbocycles. The van der Waals surface area contributed by atoms with E-state index in [1.165, 1.54) is 0 Å². The van der Waals surface area contributed by atoms with E-state index < -0.39 is 0 Å². The molecule has 0 radical (unpaired) electrons. The Bertz CT molecular complexity index is 551. The van der Waals surface area contributed by atoms with E-state index in [4.69, 9.17) is 0 Å². The van der Waals surface area contributed by atoms with Gasteiger partial charge in [-0.15, -0.1) is 0 Å². The predicted octanol–water partition coefficient (Wildman–Crippen LogP) is 2.16. The molecule has 0 aromatic carbocycles. The van der Waals surface area contributed by atoms with Gasteiger partial charge in [-0.25, -0.2) is 0 Å². The first-order chi connectivity index (χ1) is 7.72. The lowest BCUT2D eigenvalue weighted by Gasteiger charge is -2.07. The van der Waals surface area contributed by atoms with Crippen molar-refractivity contribution in [1.82, 2.24) is 15.2 Å². The van der Waals surface area contributed by atoms with Crippen LogP contribution >= 0.6 is 15.9 Å². The molecule has 2 heterocycles. The summed E-state index contributed by atoms with van der Waals surface area (Å²) >= 11 is 3.23. The Balaban J connectivity index is 2.65. The molecule has 4 nitrogen and oxygen atoms in total. The Morgan fingerprint density at radius 3 is 2.88 bits per heavy atom. The standard InChI is InChI=1S/C11H10BrN3O/c1-2-10-8(5-9(12)11(16)15-10)7-3-4-13-14-6-7/h3-6H,2H2,1H3,(H,15,16). The molecule has 82 valence electrons. The van der Waals surface area contributed by atoms with Gasteiger partial charge in [-0.2, -0.15) is 10.2 Å². The molecule has 0 aliphatic heterocycles. The van der Waals surface area contributed by atoms with Crippen LogP contribution in [0.15, 0.2) is 33.8 Å². The first kappa shape index (κ1) is 11.0. The van der Waals surface area contributed by atoms with Gasteiger partial charge >= 0.3 is 0 Å². The fourth-order valence-corrected chi connectivity index (χ4v) is 1.86. The SMILES string of the molecule is CCc1[nH]c(=O)c(Br)cc1-c1ccnnc1. The van der Waals surface area contributed by atoms with Crippen LogP contribution in [0, 0.1) is 0 Å². The zero-order valence-corrected chi connectivity index (χ0v) is 10.3. The van der Waals surface area contributed by atoms with E-state index in [9.17, 15) is 4.79 Å². The molecule has 1 N–H and O–H groups in total. The summed E-state index contributed by atoms with van der Waals surface area (Å²) in [6.07, 6.45) is 4.08. The van der Waals surface area contributed by atoms with Gasteiger partial charge in [0, 0.05) is 16.8 Å². The molecule has 0 fully saturated rings. The molecule has 0 bridgehead atoms. The maximum absolute atomic E-state index is 11.5. The van der Waals surface area contributed by atoms with Gasteiger partial charge in [-0.05, 0) is 34.5 Å². The molecule has 0 amide bonds. The van der Waals surface area contributed by atoms with Crippen LogP contribution in [-0.4, -0.2) is 15.2 Å². The van der Waals surface area contributed by atoms with E-state index in [1.54, 1.807) is 12.4 Å². The Morgan fingerprint density at radius 2 is 2.25 bits per heavy atom. The van der Waals surface area contributed by atoms with Gasteiger partial charge < -0.3 is 4.98 Å². The molecule has 0 aliphatic rings. The third kappa shape index (κ3) is 2.04. The number of aromatic amines is 1. The lowest BCUT2D eigenvalue weighted by atomic mass is 10.1. The molecule has 0 spiro atoms. The van der Waals surface area contributed by atoms with Crippen LogP contribution < -0.4 is 5.56 Å². The van der Waals surface area contributed by atoms with Gasteiger partial charge in [0.25, 0.3) is 5.56 Å². The summed E-state index contributed by atoms with van der Waals surface area (Å²) in [7, 11) is 0. The van der Waals surface area contributed by atoms with E-state index in [2.05, 4.69) is 31.1 Å². The molecule has 5 heteroatoms. The lowest BCUT2D eigenvalue weighted by Crippen LogP contribution is -2.10. The Kier molecular flexibility index (Phi) is 3.14. The monoisotopic (exact) mass is 279 g/mol. The molecule has 0 atom stereocenters. The summed E-state index contributed by atoms with van der Waals surface area (Å²) in [6, 6.07) is 3.68. The van der Waals surface area contributed by atoms with E-state index >= 15 is 0 Å². The number of nitrogens with one attached hydrogen (secondary N) is 1. The Morgan fingerprint density at radius 1 is 1.44 bits per heavy atom. The molecule has 2 rings (SSSR count). The van der Waals surface area contributed by atoms with Crippen molar-refractivity contribution in [3.63, 3.8) is 0 Å². The van der Waals surface area contributed by atoms with Gasteiger partial charge in [0.2, 0.25) is 0 Å². The summed E-state index contributed by atoms with van der Waals surface area (Å²) in [5, 5.41) is 7.56. The smallest absolute Gasteiger partial charge is 0.262 e. The van der Waals surface area contributed by atoms with Crippen LogP contribution in [0.2, 0.25) is 0 Å². The number of nitrogens with zero attached hydrogens (tertiary/aromatic N) is 2. The number of pyridine rings is 1. The second kappa shape index (κ2) is 4.57. The van der Waals surface area contributed by atoms with Crippen molar-refractivity contribution in [2.45, 2.75) is 13.3 Å². The maximum Gasteiger partial charge on any atom is 0.262 e. The second-order valence-electron chi connectivity index (χ2n) is 3.32. The zero-order valence-electron chi connectivity index (χ0n) is 8.70. The van der Waals surface area contributed by atoms with Crippen LogP contribution in [0.1, 0.15) is 12.6 Å². The average molecular weight is 280 g/mol. The van der Waals surface area contributed by atoms with Gasteiger partial charge in [-0.3, -0.25) is 4.79 Å². The molecule has 2 aromatic heterocycles. The lowest BCUT2D eigenvalue weighted by molar-refractivity contribution is 0.999. The van der Waals surface area contributed by atoms with Crippen molar-refractivity contribution in [3.8, 4) is 11.1 Å². The second-order valence-corrected chi connectivity index (χ2v) is 4.18. The topological polar surface area (TPSA) is 58.6 Å². The van der Waals surface area contributed by atoms with Gasteiger partial charge in [-0.1, -0.05) is 6.92 Å². The normalized spacial score (nSPS) is 10.4. The fraction of sp³-hybridized carbons (Fsp3) is 0.182. The van der Waals surface area contributed by atoms with Crippen molar-refractivity contribution in [2.24, 2.45) is 0 Å². The highest BCUT2D eigenvalue weighted by molar-refractivity contribution is 9.10. The molecular formula is C11H10BrN3O.